The third kappa shape index (κ3) is 42.0. The van der Waals surface area contributed by atoms with Crippen LogP contribution in [0.5, 0.6) is 0 Å². The van der Waals surface area contributed by atoms with E-state index in [1.54, 1.807) is 0 Å². The molecule has 4 nitrogen and oxygen atoms in total. The first-order valence-corrected chi connectivity index (χ1v) is 17.0. The predicted molar refractivity (Wildman–Crippen MR) is 167 cm³/mol. The quantitative estimate of drug-likeness (QED) is 0.0890. The molecule has 228 valence electrons. The summed E-state index contributed by atoms with van der Waals surface area (Å²) in [6.45, 7) is 4.54. The van der Waals surface area contributed by atoms with Gasteiger partial charge in [-0.1, -0.05) is 181 Å². The highest BCUT2D eigenvalue weighted by atomic mass is 16.4. The fourth-order valence-electron chi connectivity index (χ4n) is 4.96. The smallest absolute Gasteiger partial charge is 0.303 e. The molecule has 0 heterocycles. The Bertz CT molecular complexity index is 467. The predicted octanol–water partition coefficient (Wildman–Crippen LogP) is 11.3. The number of hydrogen-bond donors (Lipinski definition) is 2. The average molecular weight is 540 g/mol. The summed E-state index contributed by atoms with van der Waals surface area (Å²) in [5.41, 5.74) is 5.11. The van der Waals surface area contributed by atoms with Crippen LogP contribution in [0.25, 0.3) is 0 Å². The maximum Gasteiger partial charge on any atom is 0.303 e. The molecule has 0 rings (SSSR count). The number of carbonyl (C=O) groups is 2. The number of carboxylic acids is 1. The van der Waals surface area contributed by atoms with Crippen molar-refractivity contribution in [3.05, 3.63) is 0 Å². The van der Waals surface area contributed by atoms with Crippen molar-refractivity contribution in [2.75, 3.05) is 0 Å². The Morgan fingerprint density at radius 2 is 0.605 bits per heavy atom. The van der Waals surface area contributed by atoms with Crippen LogP contribution in [0.3, 0.4) is 0 Å². The molecule has 4 heteroatoms. The lowest BCUT2D eigenvalue weighted by atomic mass is 10.0. The molecule has 0 aromatic rings. The van der Waals surface area contributed by atoms with Crippen molar-refractivity contribution in [2.24, 2.45) is 5.73 Å². The third-order valence-electron chi connectivity index (χ3n) is 7.52. The van der Waals surface area contributed by atoms with Gasteiger partial charge in [-0.2, -0.15) is 0 Å². The number of rotatable bonds is 30. The van der Waals surface area contributed by atoms with Gasteiger partial charge in [0.25, 0.3) is 0 Å². The number of amides is 1. The van der Waals surface area contributed by atoms with Gasteiger partial charge in [-0.3, -0.25) is 9.59 Å². The van der Waals surface area contributed by atoms with Crippen LogP contribution in [0.1, 0.15) is 206 Å². The maximum absolute atomic E-state index is 10.6. The van der Waals surface area contributed by atoms with Gasteiger partial charge in [-0.05, 0) is 12.8 Å². The molecule has 38 heavy (non-hydrogen) atoms. The standard InChI is InChI=1S/C18H37NO.C16H32O2/c1-2-3-4-5-6-7-8-9-10-11-12-13-14-15-16-17-18(19)20;1-2-3-4-5-6-7-8-9-10-11-12-13-14-15-16(17)18/h2-17H2,1H3,(H2,19,20);2-15H2,1H3,(H,17,18). The van der Waals surface area contributed by atoms with Crippen LogP contribution in [0.4, 0.5) is 0 Å². The zero-order valence-electron chi connectivity index (χ0n) is 26.1. The molecule has 0 unspecified atom stereocenters. The number of carbonyl (C=O) groups excluding carboxylic acids is 1. The lowest BCUT2D eigenvalue weighted by Crippen LogP contribution is -2.09. The molecule has 0 spiro atoms. The van der Waals surface area contributed by atoms with Crippen molar-refractivity contribution in [3.63, 3.8) is 0 Å². The molecule has 0 fully saturated rings. The molecule has 0 aliphatic heterocycles. The molecule has 1 amide bonds. The minimum atomic E-state index is -0.655. The molecule has 3 N–H and O–H groups in total. The number of unbranched alkanes of at least 4 members (excludes halogenated alkanes) is 26. The van der Waals surface area contributed by atoms with Crippen LogP contribution in [0, 0.1) is 0 Å². The molecule has 0 aromatic carbocycles. The average Bonchev–Trinajstić information content (AvgIpc) is 2.89. The van der Waals surface area contributed by atoms with Crippen molar-refractivity contribution in [2.45, 2.75) is 206 Å². The third-order valence-corrected chi connectivity index (χ3v) is 7.52. The van der Waals surface area contributed by atoms with Gasteiger partial charge in [0.15, 0.2) is 0 Å². The highest BCUT2D eigenvalue weighted by Crippen LogP contribution is 2.14. The maximum atomic E-state index is 10.6. The first-order chi connectivity index (χ1) is 18.5. The number of nitrogens with two attached hydrogens (primary N) is 1. The minimum absolute atomic E-state index is 0.153. The second-order valence-corrected chi connectivity index (χ2v) is 11.6. The first kappa shape index (κ1) is 39.1. The normalized spacial score (nSPS) is 10.8. The van der Waals surface area contributed by atoms with E-state index >= 15 is 0 Å². The van der Waals surface area contributed by atoms with E-state index in [1.165, 1.54) is 161 Å². The molecular formula is C34H69NO3. The fraction of sp³-hybridized carbons (Fsp3) is 0.941. The highest BCUT2D eigenvalue weighted by Gasteiger charge is 1.98. The van der Waals surface area contributed by atoms with Crippen LogP contribution < -0.4 is 5.73 Å². The van der Waals surface area contributed by atoms with E-state index in [9.17, 15) is 9.59 Å². The van der Waals surface area contributed by atoms with Gasteiger partial charge >= 0.3 is 5.97 Å². The van der Waals surface area contributed by atoms with Crippen LogP contribution in [0.15, 0.2) is 0 Å². The van der Waals surface area contributed by atoms with Crippen LogP contribution >= 0.6 is 0 Å². The largest absolute Gasteiger partial charge is 0.481 e. The Morgan fingerprint density at radius 3 is 0.816 bits per heavy atom. The zero-order valence-corrected chi connectivity index (χ0v) is 26.1. The molecule has 0 atom stereocenters. The fourth-order valence-corrected chi connectivity index (χ4v) is 4.96. The number of primary amides is 1. The summed E-state index contributed by atoms with van der Waals surface area (Å²) in [6.07, 6.45) is 38.2. The number of hydrogen-bond acceptors (Lipinski definition) is 2. The number of carboxylic acid groups (broad SMARTS) is 1. The Morgan fingerprint density at radius 1 is 0.395 bits per heavy atom. The van der Waals surface area contributed by atoms with Crippen molar-refractivity contribution in [1.29, 1.82) is 0 Å². The van der Waals surface area contributed by atoms with Gasteiger partial charge in [0.05, 0.1) is 0 Å². The SMILES string of the molecule is CCCCCCCCCCCCCCCC(=O)O.CCCCCCCCCCCCCCCCCC(N)=O. The molecule has 0 aliphatic carbocycles. The lowest BCUT2D eigenvalue weighted by molar-refractivity contribution is -0.137. The molecule has 0 saturated heterocycles. The summed E-state index contributed by atoms with van der Waals surface area (Å²) in [5, 5.41) is 8.49. The molecule has 0 aliphatic rings. The van der Waals surface area contributed by atoms with Crippen LogP contribution in [-0.4, -0.2) is 17.0 Å². The second kappa shape index (κ2) is 35.9. The topological polar surface area (TPSA) is 80.4 Å². The highest BCUT2D eigenvalue weighted by molar-refractivity contribution is 5.73. The Hall–Kier alpha value is -1.06. The van der Waals surface area contributed by atoms with Gasteiger partial charge in [0.2, 0.25) is 5.91 Å². The van der Waals surface area contributed by atoms with E-state index in [0.29, 0.717) is 12.8 Å². The Labute approximate surface area is 238 Å². The first-order valence-electron chi connectivity index (χ1n) is 17.0. The summed E-state index contributed by atoms with van der Waals surface area (Å²) in [4.78, 5) is 20.9. The summed E-state index contributed by atoms with van der Waals surface area (Å²) < 4.78 is 0. The van der Waals surface area contributed by atoms with E-state index in [0.717, 1.165) is 19.3 Å². The van der Waals surface area contributed by atoms with Gasteiger partial charge in [0, 0.05) is 12.8 Å². The van der Waals surface area contributed by atoms with Gasteiger partial charge in [0.1, 0.15) is 0 Å². The Kier molecular flexibility index (Phi) is 37.0. The Balaban J connectivity index is 0. The second-order valence-electron chi connectivity index (χ2n) is 11.6. The van der Waals surface area contributed by atoms with Gasteiger partial charge < -0.3 is 10.8 Å². The molecule has 0 bridgehead atoms. The van der Waals surface area contributed by atoms with E-state index in [4.69, 9.17) is 10.8 Å². The van der Waals surface area contributed by atoms with Gasteiger partial charge in [-0.25, -0.2) is 0 Å². The van der Waals surface area contributed by atoms with Crippen LogP contribution in [0.2, 0.25) is 0 Å². The molecule has 0 saturated carbocycles. The van der Waals surface area contributed by atoms with E-state index in [1.807, 2.05) is 0 Å². The van der Waals surface area contributed by atoms with E-state index < -0.39 is 5.97 Å². The molecule has 0 aromatic heterocycles. The molecular weight excluding hydrogens is 470 g/mol. The zero-order chi connectivity index (χ0) is 28.4. The molecule has 0 radical (unpaired) electrons. The van der Waals surface area contributed by atoms with Crippen molar-refractivity contribution in [1.82, 2.24) is 0 Å². The number of aliphatic carboxylic acids is 1. The van der Waals surface area contributed by atoms with Crippen molar-refractivity contribution < 1.29 is 14.7 Å². The van der Waals surface area contributed by atoms with Crippen molar-refractivity contribution >= 4 is 11.9 Å². The van der Waals surface area contributed by atoms with Gasteiger partial charge in [-0.15, -0.1) is 0 Å². The summed E-state index contributed by atoms with van der Waals surface area (Å²) in [6, 6.07) is 0. The monoisotopic (exact) mass is 540 g/mol. The summed E-state index contributed by atoms with van der Waals surface area (Å²) >= 11 is 0. The van der Waals surface area contributed by atoms with Crippen LogP contribution in [-0.2, 0) is 9.59 Å². The minimum Gasteiger partial charge on any atom is -0.481 e. The lowest BCUT2D eigenvalue weighted by Gasteiger charge is -2.03. The van der Waals surface area contributed by atoms with E-state index in [-0.39, 0.29) is 5.91 Å². The van der Waals surface area contributed by atoms with Crippen molar-refractivity contribution in [3.8, 4) is 0 Å². The summed E-state index contributed by atoms with van der Waals surface area (Å²) in [7, 11) is 0. The summed E-state index contributed by atoms with van der Waals surface area (Å²) in [5.74, 6) is -0.808. The van der Waals surface area contributed by atoms with E-state index in [2.05, 4.69) is 13.8 Å².